The number of hydrogen-bond acceptors (Lipinski definition) is 4. The first-order valence-electron chi connectivity index (χ1n) is 6.56. The summed E-state index contributed by atoms with van der Waals surface area (Å²) in [7, 11) is -3.83. The van der Waals surface area contributed by atoms with E-state index in [1.807, 2.05) is 12.1 Å². The van der Waals surface area contributed by atoms with Crippen LogP contribution in [0.2, 0.25) is 0 Å². The summed E-state index contributed by atoms with van der Waals surface area (Å²) in [4.78, 5) is 4.14. The molecule has 2 aromatic heterocycles. The van der Waals surface area contributed by atoms with Crippen molar-refractivity contribution < 1.29 is 8.42 Å². The molecule has 1 aliphatic carbocycles. The normalized spacial score (nSPS) is 21.6. The number of nitriles is 1. The van der Waals surface area contributed by atoms with Crippen LogP contribution in [-0.4, -0.2) is 22.1 Å². The zero-order chi connectivity index (χ0) is 16.0. The van der Waals surface area contributed by atoms with Crippen molar-refractivity contribution in [3.8, 4) is 6.07 Å². The van der Waals surface area contributed by atoms with E-state index in [1.165, 1.54) is 6.20 Å². The predicted octanol–water partition coefficient (Wildman–Crippen LogP) is 3.08. The molecule has 0 saturated carbocycles. The van der Waals surface area contributed by atoms with E-state index >= 15 is 0 Å². The van der Waals surface area contributed by atoms with Gasteiger partial charge in [0, 0.05) is 16.1 Å². The minimum Gasteiger partial charge on any atom is -0.237 e. The molecule has 5 nitrogen and oxygen atoms in total. The maximum absolute atomic E-state index is 13.1. The molecule has 0 aliphatic heterocycles. The molecule has 0 amide bonds. The maximum Gasteiger partial charge on any atom is 0.250 e. The minimum atomic E-state index is -3.83. The topological polar surface area (TPSA) is 75.8 Å². The predicted molar refractivity (Wildman–Crippen MR) is 87.9 cm³/mol. The molecule has 0 radical (unpaired) electrons. The molecule has 112 valence electrons. The van der Waals surface area contributed by atoms with Crippen molar-refractivity contribution >= 4 is 37.0 Å². The standard InChI is InChI=1S/C15H12BrN3O2S/c1-15(6-4-12(16)5-7-15)22(20,21)19-13(10-17)9-11-3-2-8-18-14(11)19/h2-6,8-9H,7H2,1H3. The van der Waals surface area contributed by atoms with Crippen LogP contribution >= 0.6 is 15.9 Å². The second-order valence-electron chi connectivity index (χ2n) is 5.27. The van der Waals surface area contributed by atoms with Gasteiger partial charge in [0.25, 0.3) is 10.0 Å². The Morgan fingerprint density at radius 1 is 1.50 bits per heavy atom. The Morgan fingerprint density at radius 3 is 2.91 bits per heavy atom. The largest absolute Gasteiger partial charge is 0.250 e. The molecule has 1 aliphatic rings. The number of hydrogen-bond donors (Lipinski definition) is 0. The lowest BCUT2D eigenvalue weighted by Crippen LogP contribution is -2.38. The quantitative estimate of drug-likeness (QED) is 0.805. The van der Waals surface area contributed by atoms with E-state index in [9.17, 15) is 13.7 Å². The molecular formula is C15H12BrN3O2S. The van der Waals surface area contributed by atoms with Gasteiger partial charge in [-0.05, 0) is 31.5 Å². The van der Waals surface area contributed by atoms with Crippen molar-refractivity contribution in [3.05, 3.63) is 52.8 Å². The van der Waals surface area contributed by atoms with Gasteiger partial charge in [-0.1, -0.05) is 34.2 Å². The first-order chi connectivity index (χ1) is 10.4. The van der Waals surface area contributed by atoms with Crippen molar-refractivity contribution in [1.82, 2.24) is 8.96 Å². The molecule has 0 N–H and O–H groups in total. The summed E-state index contributed by atoms with van der Waals surface area (Å²) in [6, 6.07) is 6.95. The second kappa shape index (κ2) is 5.07. The summed E-state index contributed by atoms with van der Waals surface area (Å²) in [5, 5.41) is 9.93. The van der Waals surface area contributed by atoms with Gasteiger partial charge in [0.15, 0.2) is 5.65 Å². The van der Waals surface area contributed by atoms with Gasteiger partial charge in [-0.25, -0.2) is 17.4 Å². The molecule has 22 heavy (non-hydrogen) atoms. The van der Waals surface area contributed by atoms with E-state index in [0.717, 1.165) is 8.45 Å². The summed E-state index contributed by atoms with van der Waals surface area (Å²) >= 11 is 3.33. The van der Waals surface area contributed by atoms with E-state index < -0.39 is 14.8 Å². The minimum absolute atomic E-state index is 0.0666. The number of halogens is 1. The Morgan fingerprint density at radius 2 is 2.27 bits per heavy atom. The number of fused-ring (bicyclic) bond motifs is 1. The summed E-state index contributed by atoms with van der Waals surface area (Å²) in [5.74, 6) is 0. The number of allylic oxidation sites excluding steroid dienone is 3. The van der Waals surface area contributed by atoms with Crippen LogP contribution in [0.4, 0.5) is 0 Å². The molecule has 0 saturated heterocycles. The number of pyridine rings is 1. The molecule has 1 unspecified atom stereocenters. The molecule has 2 heterocycles. The zero-order valence-corrected chi connectivity index (χ0v) is 14.1. The number of nitrogens with zero attached hydrogens (tertiary/aromatic N) is 3. The van der Waals surface area contributed by atoms with Crippen LogP contribution in [0.15, 0.2) is 47.1 Å². The third kappa shape index (κ3) is 2.11. The van der Waals surface area contributed by atoms with Crippen molar-refractivity contribution in [1.29, 1.82) is 5.26 Å². The third-order valence-corrected chi connectivity index (χ3v) is 6.68. The Kier molecular flexibility index (Phi) is 3.46. The molecule has 0 bridgehead atoms. The lowest BCUT2D eigenvalue weighted by molar-refractivity contribution is 0.554. The van der Waals surface area contributed by atoms with Crippen molar-refractivity contribution in [2.75, 3.05) is 0 Å². The van der Waals surface area contributed by atoms with Gasteiger partial charge in [0.1, 0.15) is 16.5 Å². The van der Waals surface area contributed by atoms with E-state index in [-0.39, 0.29) is 11.3 Å². The lowest BCUT2D eigenvalue weighted by atomic mass is 10.0. The smallest absolute Gasteiger partial charge is 0.237 e. The highest BCUT2D eigenvalue weighted by atomic mass is 79.9. The molecular weight excluding hydrogens is 366 g/mol. The highest BCUT2D eigenvalue weighted by Crippen LogP contribution is 2.34. The summed E-state index contributed by atoms with van der Waals surface area (Å²) < 4.78 is 27.1. The molecule has 2 aromatic rings. The average Bonchev–Trinajstić information content (AvgIpc) is 2.89. The lowest BCUT2D eigenvalue weighted by Gasteiger charge is -2.28. The van der Waals surface area contributed by atoms with Crippen molar-refractivity contribution in [2.24, 2.45) is 0 Å². The summed E-state index contributed by atoms with van der Waals surface area (Å²) in [5.41, 5.74) is 0.347. The molecule has 7 heteroatoms. The monoisotopic (exact) mass is 377 g/mol. The van der Waals surface area contributed by atoms with Gasteiger partial charge < -0.3 is 0 Å². The number of rotatable bonds is 2. The fraction of sp³-hybridized carbons (Fsp3) is 0.200. The van der Waals surface area contributed by atoms with Gasteiger partial charge in [-0.2, -0.15) is 5.26 Å². The van der Waals surface area contributed by atoms with Crippen LogP contribution in [0, 0.1) is 11.3 Å². The van der Waals surface area contributed by atoms with Crippen LogP contribution in [0.25, 0.3) is 11.0 Å². The maximum atomic E-state index is 13.1. The second-order valence-corrected chi connectivity index (χ2v) is 8.43. The SMILES string of the molecule is CC1(S(=O)(=O)n2c(C#N)cc3cccnc32)C=CC(Br)=CC1. The van der Waals surface area contributed by atoms with E-state index in [1.54, 1.807) is 37.3 Å². The Labute approximate surface area is 136 Å². The number of aromatic nitrogens is 2. The Hall–Kier alpha value is -1.91. The highest BCUT2D eigenvalue weighted by molar-refractivity contribution is 9.11. The zero-order valence-electron chi connectivity index (χ0n) is 11.7. The van der Waals surface area contributed by atoms with Gasteiger partial charge in [-0.3, -0.25) is 0 Å². The first kappa shape index (κ1) is 15.0. The van der Waals surface area contributed by atoms with E-state index in [4.69, 9.17) is 0 Å². The summed E-state index contributed by atoms with van der Waals surface area (Å²) in [6.07, 6.45) is 7.01. The molecule has 0 spiro atoms. The van der Waals surface area contributed by atoms with E-state index in [0.29, 0.717) is 11.8 Å². The average molecular weight is 378 g/mol. The van der Waals surface area contributed by atoms with Gasteiger partial charge in [-0.15, -0.1) is 0 Å². The van der Waals surface area contributed by atoms with Crippen molar-refractivity contribution in [3.63, 3.8) is 0 Å². The van der Waals surface area contributed by atoms with Gasteiger partial charge in [0.2, 0.25) is 0 Å². The fourth-order valence-corrected chi connectivity index (χ4v) is 4.40. The van der Waals surface area contributed by atoms with Crippen LogP contribution in [-0.2, 0) is 10.0 Å². The van der Waals surface area contributed by atoms with Crippen molar-refractivity contribution in [2.45, 2.75) is 18.1 Å². The van der Waals surface area contributed by atoms with Crippen LogP contribution in [0.3, 0.4) is 0 Å². The highest BCUT2D eigenvalue weighted by Gasteiger charge is 2.40. The van der Waals surface area contributed by atoms with Crippen LogP contribution in [0.5, 0.6) is 0 Å². The molecule has 1 atom stereocenters. The van der Waals surface area contributed by atoms with Crippen LogP contribution in [0.1, 0.15) is 19.0 Å². The fourth-order valence-electron chi connectivity index (χ4n) is 2.42. The molecule has 0 fully saturated rings. The Bertz CT molecular complexity index is 966. The Balaban J connectivity index is 2.27. The van der Waals surface area contributed by atoms with Gasteiger partial charge in [0.05, 0.1) is 0 Å². The third-order valence-electron chi connectivity index (χ3n) is 3.76. The van der Waals surface area contributed by atoms with E-state index in [2.05, 4.69) is 20.9 Å². The summed E-state index contributed by atoms with van der Waals surface area (Å²) in [6.45, 7) is 1.64. The molecule has 0 aromatic carbocycles. The first-order valence-corrected chi connectivity index (χ1v) is 8.79. The van der Waals surface area contributed by atoms with Gasteiger partial charge >= 0.3 is 0 Å². The van der Waals surface area contributed by atoms with Crippen LogP contribution < -0.4 is 0 Å². The molecule has 3 rings (SSSR count).